The van der Waals surface area contributed by atoms with Gasteiger partial charge in [-0.1, -0.05) is 13.8 Å². The summed E-state index contributed by atoms with van der Waals surface area (Å²) in [5, 5.41) is 16.0. The van der Waals surface area contributed by atoms with Crippen LogP contribution in [0, 0.1) is 5.92 Å². The zero-order valence-electron chi connectivity index (χ0n) is 15.5. The topological polar surface area (TPSA) is 179 Å². The molecule has 27 heavy (non-hydrogen) atoms. The average Bonchev–Trinajstić information content (AvgIpc) is 3.09. The number of carbonyl (C=O) groups is 4. The van der Waals surface area contributed by atoms with Crippen LogP contribution in [0.4, 0.5) is 0 Å². The molecule has 11 heteroatoms. The second kappa shape index (κ2) is 10.3. The van der Waals surface area contributed by atoms with Crippen LogP contribution in [-0.2, 0) is 25.6 Å². The third kappa shape index (κ3) is 7.44. The zero-order valence-corrected chi connectivity index (χ0v) is 15.5. The van der Waals surface area contributed by atoms with Gasteiger partial charge in [0.2, 0.25) is 17.7 Å². The number of carbonyl (C=O) groups excluding carboxylic acids is 3. The van der Waals surface area contributed by atoms with Gasteiger partial charge in [0.05, 0.1) is 12.4 Å². The Morgan fingerprint density at radius 3 is 2.30 bits per heavy atom. The van der Waals surface area contributed by atoms with Gasteiger partial charge in [-0.2, -0.15) is 0 Å². The van der Waals surface area contributed by atoms with Gasteiger partial charge in [-0.3, -0.25) is 19.2 Å². The third-order valence-electron chi connectivity index (χ3n) is 3.69. The monoisotopic (exact) mass is 382 g/mol. The van der Waals surface area contributed by atoms with E-state index in [1.807, 2.05) is 0 Å². The summed E-state index contributed by atoms with van der Waals surface area (Å²) < 4.78 is 0. The number of H-pyrrole nitrogens is 1. The molecule has 0 aliphatic heterocycles. The first kappa shape index (κ1) is 22.1. The molecule has 150 valence electrons. The number of amides is 3. The van der Waals surface area contributed by atoms with Gasteiger partial charge >= 0.3 is 5.97 Å². The molecule has 1 rings (SSSR count). The lowest BCUT2D eigenvalue weighted by atomic mass is 10.0. The number of hydrogen-bond donors (Lipinski definition) is 6. The number of aliphatic carboxylic acids is 1. The van der Waals surface area contributed by atoms with Crippen LogP contribution in [0.15, 0.2) is 12.5 Å². The fourth-order valence-corrected chi connectivity index (χ4v) is 2.19. The maximum Gasteiger partial charge on any atom is 0.322 e. The Labute approximate surface area is 156 Å². The number of carboxylic acid groups (broad SMARTS) is 1. The molecule has 0 bridgehead atoms. The number of hydrogen-bond acceptors (Lipinski definition) is 6. The van der Waals surface area contributed by atoms with Gasteiger partial charge in [0, 0.05) is 18.3 Å². The van der Waals surface area contributed by atoms with Crippen molar-refractivity contribution in [3.05, 3.63) is 18.2 Å². The molecule has 0 fully saturated rings. The number of carboxylic acids is 1. The van der Waals surface area contributed by atoms with Gasteiger partial charge < -0.3 is 31.8 Å². The lowest BCUT2D eigenvalue weighted by Crippen LogP contribution is -2.57. The Bertz CT molecular complexity index is 658. The van der Waals surface area contributed by atoms with Crippen molar-refractivity contribution in [1.82, 2.24) is 25.9 Å². The molecular weight excluding hydrogens is 356 g/mol. The number of aromatic amines is 1. The Kier molecular flexibility index (Phi) is 8.39. The first-order chi connectivity index (χ1) is 12.6. The number of aromatic nitrogens is 2. The molecule has 0 radical (unpaired) electrons. The molecule has 0 saturated carbocycles. The molecule has 0 aromatic carbocycles. The molecule has 0 aliphatic rings. The second-order valence-electron chi connectivity index (χ2n) is 6.47. The molecule has 1 heterocycles. The van der Waals surface area contributed by atoms with Gasteiger partial charge in [0.25, 0.3) is 0 Å². The number of nitrogens with zero attached hydrogens (tertiary/aromatic N) is 1. The minimum absolute atomic E-state index is 0.117. The van der Waals surface area contributed by atoms with E-state index in [0.717, 1.165) is 0 Å². The Balaban J connectivity index is 2.88. The molecule has 7 N–H and O–H groups in total. The quantitative estimate of drug-likeness (QED) is 0.274. The maximum absolute atomic E-state index is 12.7. The van der Waals surface area contributed by atoms with Gasteiger partial charge in [0.1, 0.15) is 18.6 Å². The average molecular weight is 382 g/mol. The summed E-state index contributed by atoms with van der Waals surface area (Å²) in [5.41, 5.74) is 6.15. The van der Waals surface area contributed by atoms with Crippen LogP contribution >= 0.6 is 0 Å². The van der Waals surface area contributed by atoms with Crippen molar-refractivity contribution in [3.63, 3.8) is 0 Å². The lowest BCUT2D eigenvalue weighted by Gasteiger charge is -2.25. The summed E-state index contributed by atoms with van der Waals surface area (Å²) in [4.78, 5) is 54.1. The van der Waals surface area contributed by atoms with Crippen molar-refractivity contribution in [3.8, 4) is 0 Å². The summed E-state index contributed by atoms with van der Waals surface area (Å²) in [7, 11) is 0. The van der Waals surface area contributed by atoms with E-state index in [9.17, 15) is 19.2 Å². The van der Waals surface area contributed by atoms with Crippen LogP contribution < -0.4 is 21.7 Å². The van der Waals surface area contributed by atoms with E-state index in [-0.39, 0.29) is 12.3 Å². The number of imidazole rings is 1. The van der Waals surface area contributed by atoms with Crippen molar-refractivity contribution >= 4 is 23.7 Å². The van der Waals surface area contributed by atoms with Crippen LogP contribution in [0.3, 0.4) is 0 Å². The van der Waals surface area contributed by atoms with Crippen LogP contribution in [0.25, 0.3) is 0 Å². The largest absolute Gasteiger partial charge is 0.480 e. The fourth-order valence-electron chi connectivity index (χ4n) is 2.19. The summed E-state index contributed by atoms with van der Waals surface area (Å²) >= 11 is 0. The second-order valence-corrected chi connectivity index (χ2v) is 6.47. The van der Waals surface area contributed by atoms with Gasteiger partial charge in [-0.25, -0.2) is 4.98 Å². The van der Waals surface area contributed by atoms with Crippen molar-refractivity contribution in [2.24, 2.45) is 11.7 Å². The van der Waals surface area contributed by atoms with Gasteiger partial charge in [-0.05, 0) is 12.8 Å². The molecule has 0 aliphatic carbocycles. The first-order valence-electron chi connectivity index (χ1n) is 8.44. The smallest absolute Gasteiger partial charge is 0.322 e. The number of nitrogens with two attached hydrogens (primary N) is 1. The highest BCUT2D eigenvalue weighted by Gasteiger charge is 2.29. The molecule has 0 spiro atoms. The summed E-state index contributed by atoms with van der Waals surface area (Å²) in [6, 6.07) is -2.77. The molecule has 3 unspecified atom stereocenters. The van der Waals surface area contributed by atoms with E-state index >= 15 is 0 Å². The van der Waals surface area contributed by atoms with E-state index in [4.69, 9.17) is 10.8 Å². The molecule has 0 saturated heterocycles. The van der Waals surface area contributed by atoms with Crippen LogP contribution in [0.1, 0.15) is 26.5 Å². The number of rotatable bonds is 10. The SMILES string of the molecule is CC(N)C(=O)NC(Cc1cnc[nH]1)C(=O)NC(C(=O)NCC(=O)O)C(C)C. The number of nitrogens with one attached hydrogen (secondary N) is 4. The van der Waals surface area contributed by atoms with E-state index in [1.54, 1.807) is 13.8 Å². The van der Waals surface area contributed by atoms with Crippen molar-refractivity contribution in [1.29, 1.82) is 0 Å². The normalized spacial score (nSPS) is 14.1. The molecule has 3 amide bonds. The van der Waals surface area contributed by atoms with E-state index < -0.39 is 48.4 Å². The molecule has 1 aromatic rings. The minimum Gasteiger partial charge on any atom is -0.480 e. The lowest BCUT2D eigenvalue weighted by molar-refractivity contribution is -0.139. The summed E-state index contributed by atoms with van der Waals surface area (Å²) in [5.74, 6) is -3.24. The Morgan fingerprint density at radius 2 is 1.81 bits per heavy atom. The summed E-state index contributed by atoms with van der Waals surface area (Å²) in [6.45, 7) is 4.33. The van der Waals surface area contributed by atoms with E-state index in [0.29, 0.717) is 5.69 Å². The highest BCUT2D eigenvalue weighted by atomic mass is 16.4. The predicted molar refractivity (Wildman–Crippen MR) is 95.3 cm³/mol. The molecular formula is C16H26N6O5. The van der Waals surface area contributed by atoms with Crippen molar-refractivity contribution in [2.75, 3.05) is 6.54 Å². The zero-order chi connectivity index (χ0) is 20.6. The highest BCUT2D eigenvalue weighted by molar-refractivity contribution is 5.93. The summed E-state index contributed by atoms with van der Waals surface area (Å²) in [6.07, 6.45) is 3.07. The molecule has 11 nitrogen and oxygen atoms in total. The van der Waals surface area contributed by atoms with Crippen LogP contribution in [0.5, 0.6) is 0 Å². The minimum atomic E-state index is -1.20. The maximum atomic E-state index is 12.7. The molecule has 1 aromatic heterocycles. The van der Waals surface area contributed by atoms with E-state index in [2.05, 4.69) is 25.9 Å². The third-order valence-corrected chi connectivity index (χ3v) is 3.69. The Hall–Kier alpha value is -2.95. The van der Waals surface area contributed by atoms with Crippen LogP contribution in [-0.4, -0.2) is 63.4 Å². The first-order valence-corrected chi connectivity index (χ1v) is 8.44. The van der Waals surface area contributed by atoms with Gasteiger partial charge in [-0.15, -0.1) is 0 Å². The van der Waals surface area contributed by atoms with Gasteiger partial charge in [0.15, 0.2) is 0 Å². The van der Waals surface area contributed by atoms with Crippen molar-refractivity contribution < 1.29 is 24.3 Å². The predicted octanol–water partition coefficient (Wildman–Crippen LogP) is -1.87. The fraction of sp³-hybridized carbons (Fsp3) is 0.562. The Morgan fingerprint density at radius 1 is 1.15 bits per heavy atom. The van der Waals surface area contributed by atoms with Crippen LogP contribution in [0.2, 0.25) is 0 Å². The van der Waals surface area contributed by atoms with E-state index in [1.165, 1.54) is 19.4 Å². The van der Waals surface area contributed by atoms with Crippen molar-refractivity contribution in [2.45, 2.75) is 45.3 Å². The highest BCUT2D eigenvalue weighted by Crippen LogP contribution is 2.05. The molecule has 3 atom stereocenters. The standard InChI is InChI=1S/C16H26N6O5/c1-8(2)13(16(27)19-6-12(23)24)22-15(26)11(21-14(25)9(3)17)4-10-5-18-7-20-10/h5,7-9,11,13H,4,6,17H2,1-3H3,(H,18,20)(H,19,27)(H,21,25)(H,22,26)(H,23,24).